The van der Waals surface area contributed by atoms with Crippen molar-refractivity contribution in [3.8, 4) is 11.5 Å². The minimum atomic E-state index is 0.637. The molecule has 0 saturated heterocycles. The molecule has 20 heavy (non-hydrogen) atoms. The van der Waals surface area contributed by atoms with Crippen molar-refractivity contribution in [3.05, 3.63) is 48.5 Å². The second-order valence-electron chi connectivity index (χ2n) is 4.14. The third-order valence-electron chi connectivity index (χ3n) is 2.67. The van der Waals surface area contributed by atoms with Crippen LogP contribution in [0.2, 0.25) is 0 Å². The van der Waals surface area contributed by atoms with Crippen LogP contribution in [0.15, 0.2) is 48.5 Å². The fraction of sp³-hybridized carbons (Fsp3) is 0.250. The van der Waals surface area contributed by atoms with Crippen molar-refractivity contribution in [1.29, 1.82) is 0 Å². The molecule has 0 saturated carbocycles. The predicted octanol–water partition coefficient (Wildman–Crippen LogP) is 3.92. The van der Waals surface area contributed by atoms with Gasteiger partial charge in [-0.2, -0.15) is 0 Å². The predicted molar refractivity (Wildman–Crippen MR) is 82.5 cm³/mol. The van der Waals surface area contributed by atoms with E-state index in [1.165, 1.54) is 0 Å². The molecule has 2 rings (SSSR count). The van der Waals surface area contributed by atoms with E-state index in [1.807, 2.05) is 62.4 Å². The third-order valence-corrected chi connectivity index (χ3v) is 2.67. The maximum absolute atomic E-state index is 5.56. The number of benzene rings is 2. The lowest BCUT2D eigenvalue weighted by Gasteiger charge is -2.14. The number of hydrogen-bond donors (Lipinski definition) is 2. The van der Waals surface area contributed by atoms with Gasteiger partial charge in [-0.15, -0.1) is 0 Å². The average Bonchev–Trinajstić information content (AvgIpc) is 2.47. The van der Waals surface area contributed by atoms with Gasteiger partial charge < -0.3 is 14.9 Å². The minimum Gasteiger partial charge on any atom is -0.494 e. The second kappa shape index (κ2) is 7.28. The molecule has 0 radical (unpaired) electrons. The number of anilines is 2. The molecule has 0 fully saturated rings. The van der Waals surface area contributed by atoms with Gasteiger partial charge in [-0.3, -0.25) is 5.43 Å². The standard InChI is InChI=1S/C16H20N2O2/c1-3-19-14-9-7-8-13(12-14)17-18-15-10-5-6-11-16(15)20-4-2/h5-12,17-18H,3-4H2,1-2H3. The van der Waals surface area contributed by atoms with Crippen molar-refractivity contribution in [1.82, 2.24) is 0 Å². The summed E-state index contributed by atoms with van der Waals surface area (Å²) in [6.07, 6.45) is 0. The highest BCUT2D eigenvalue weighted by molar-refractivity contribution is 5.60. The Morgan fingerprint density at radius 2 is 1.65 bits per heavy atom. The first-order valence-electron chi connectivity index (χ1n) is 6.80. The lowest BCUT2D eigenvalue weighted by Crippen LogP contribution is -2.10. The maximum Gasteiger partial charge on any atom is 0.144 e. The molecule has 106 valence electrons. The number of ether oxygens (including phenoxy) is 2. The quantitative estimate of drug-likeness (QED) is 0.750. The van der Waals surface area contributed by atoms with E-state index in [9.17, 15) is 0 Å². The first-order valence-corrected chi connectivity index (χ1v) is 6.80. The van der Waals surface area contributed by atoms with Gasteiger partial charge in [0.2, 0.25) is 0 Å². The Labute approximate surface area is 119 Å². The molecule has 0 aliphatic heterocycles. The number of hydrazine groups is 1. The zero-order valence-corrected chi connectivity index (χ0v) is 11.8. The molecule has 4 nitrogen and oxygen atoms in total. The van der Waals surface area contributed by atoms with Crippen LogP contribution in [0.1, 0.15) is 13.8 Å². The van der Waals surface area contributed by atoms with Crippen LogP contribution in [0.3, 0.4) is 0 Å². The summed E-state index contributed by atoms with van der Waals surface area (Å²) < 4.78 is 11.0. The summed E-state index contributed by atoms with van der Waals surface area (Å²) in [5, 5.41) is 0. The molecule has 0 unspecified atom stereocenters. The van der Waals surface area contributed by atoms with Crippen molar-refractivity contribution >= 4 is 11.4 Å². The normalized spacial score (nSPS) is 9.90. The van der Waals surface area contributed by atoms with Gasteiger partial charge >= 0.3 is 0 Å². The molecule has 0 spiro atoms. The fourth-order valence-corrected chi connectivity index (χ4v) is 1.82. The van der Waals surface area contributed by atoms with E-state index in [2.05, 4.69) is 10.9 Å². The molecular formula is C16H20N2O2. The van der Waals surface area contributed by atoms with Gasteiger partial charge in [0, 0.05) is 6.07 Å². The highest BCUT2D eigenvalue weighted by atomic mass is 16.5. The van der Waals surface area contributed by atoms with Crippen LogP contribution >= 0.6 is 0 Å². The number of nitrogens with one attached hydrogen (secondary N) is 2. The van der Waals surface area contributed by atoms with Gasteiger partial charge in [0.1, 0.15) is 11.5 Å². The molecule has 4 heteroatoms. The van der Waals surface area contributed by atoms with Gasteiger partial charge in [-0.25, -0.2) is 0 Å². The zero-order valence-electron chi connectivity index (χ0n) is 11.8. The largest absolute Gasteiger partial charge is 0.494 e. The third kappa shape index (κ3) is 3.82. The van der Waals surface area contributed by atoms with Crippen molar-refractivity contribution < 1.29 is 9.47 Å². The monoisotopic (exact) mass is 272 g/mol. The Hall–Kier alpha value is -2.36. The SMILES string of the molecule is CCOc1cccc(NNc2ccccc2OCC)c1. The molecule has 2 N–H and O–H groups in total. The van der Waals surface area contributed by atoms with Crippen LogP contribution in [0, 0.1) is 0 Å². The molecular weight excluding hydrogens is 252 g/mol. The summed E-state index contributed by atoms with van der Waals surface area (Å²) in [5.41, 5.74) is 8.13. The molecule has 0 heterocycles. The molecule has 0 aliphatic rings. The topological polar surface area (TPSA) is 42.5 Å². The summed E-state index contributed by atoms with van der Waals surface area (Å²) >= 11 is 0. The van der Waals surface area contributed by atoms with Crippen molar-refractivity contribution in [2.45, 2.75) is 13.8 Å². The van der Waals surface area contributed by atoms with Crippen LogP contribution in [0.4, 0.5) is 11.4 Å². The van der Waals surface area contributed by atoms with Crippen LogP contribution in [-0.2, 0) is 0 Å². The Morgan fingerprint density at radius 1 is 0.850 bits per heavy atom. The van der Waals surface area contributed by atoms with Gasteiger partial charge in [0.05, 0.1) is 24.6 Å². The Morgan fingerprint density at radius 3 is 2.45 bits per heavy atom. The number of rotatable bonds is 7. The van der Waals surface area contributed by atoms with E-state index in [1.54, 1.807) is 0 Å². The first-order chi connectivity index (χ1) is 9.83. The van der Waals surface area contributed by atoms with Crippen LogP contribution in [0.5, 0.6) is 11.5 Å². The Kier molecular flexibility index (Phi) is 5.12. The lowest BCUT2D eigenvalue weighted by atomic mass is 10.3. The van der Waals surface area contributed by atoms with E-state index in [-0.39, 0.29) is 0 Å². The summed E-state index contributed by atoms with van der Waals surface area (Å²) in [5.74, 6) is 1.67. The van der Waals surface area contributed by atoms with E-state index >= 15 is 0 Å². The van der Waals surface area contributed by atoms with Crippen molar-refractivity contribution in [2.75, 3.05) is 24.1 Å². The van der Waals surface area contributed by atoms with Crippen LogP contribution < -0.4 is 20.3 Å². The van der Waals surface area contributed by atoms with Gasteiger partial charge in [0.15, 0.2) is 0 Å². The fourth-order valence-electron chi connectivity index (χ4n) is 1.82. The second-order valence-corrected chi connectivity index (χ2v) is 4.14. The highest BCUT2D eigenvalue weighted by Gasteiger charge is 2.01. The lowest BCUT2D eigenvalue weighted by molar-refractivity contribution is 0.340. The highest BCUT2D eigenvalue weighted by Crippen LogP contribution is 2.24. The first kappa shape index (κ1) is 14.1. The zero-order chi connectivity index (χ0) is 14.2. The average molecular weight is 272 g/mol. The van der Waals surface area contributed by atoms with E-state index in [0.717, 1.165) is 22.9 Å². The maximum atomic E-state index is 5.56. The summed E-state index contributed by atoms with van der Waals surface area (Å²) in [6.45, 7) is 5.23. The van der Waals surface area contributed by atoms with Crippen LogP contribution in [-0.4, -0.2) is 13.2 Å². The minimum absolute atomic E-state index is 0.637. The molecule has 2 aromatic carbocycles. The van der Waals surface area contributed by atoms with E-state index in [4.69, 9.17) is 9.47 Å². The Bertz CT molecular complexity index is 544. The smallest absolute Gasteiger partial charge is 0.144 e. The summed E-state index contributed by atoms with van der Waals surface area (Å²) in [4.78, 5) is 0. The Balaban J connectivity index is 2.03. The van der Waals surface area contributed by atoms with Gasteiger partial charge in [0.25, 0.3) is 0 Å². The molecule has 2 aromatic rings. The molecule has 0 bridgehead atoms. The van der Waals surface area contributed by atoms with E-state index in [0.29, 0.717) is 13.2 Å². The summed E-state index contributed by atoms with van der Waals surface area (Å²) in [6, 6.07) is 15.6. The van der Waals surface area contributed by atoms with Crippen LogP contribution in [0.25, 0.3) is 0 Å². The number of hydrogen-bond acceptors (Lipinski definition) is 4. The molecule has 0 aliphatic carbocycles. The van der Waals surface area contributed by atoms with E-state index < -0.39 is 0 Å². The summed E-state index contributed by atoms with van der Waals surface area (Å²) in [7, 11) is 0. The van der Waals surface area contributed by atoms with Gasteiger partial charge in [-0.1, -0.05) is 18.2 Å². The number of para-hydroxylation sites is 2. The molecule has 0 atom stereocenters. The van der Waals surface area contributed by atoms with Gasteiger partial charge in [-0.05, 0) is 38.1 Å². The van der Waals surface area contributed by atoms with Crippen molar-refractivity contribution in [3.63, 3.8) is 0 Å². The molecule has 0 aromatic heterocycles. The van der Waals surface area contributed by atoms with Crippen molar-refractivity contribution in [2.24, 2.45) is 0 Å². The molecule has 0 amide bonds.